The van der Waals surface area contributed by atoms with Gasteiger partial charge in [0, 0.05) is 6.61 Å². The van der Waals surface area contributed by atoms with Crippen molar-refractivity contribution in [1.82, 2.24) is 0 Å². The predicted octanol–water partition coefficient (Wildman–Crippen LogP) is 0.375. The van der Waals surface area contributed by atoms with Gasteiger partial charge in [0.25, 0.3) is 0 Å². The minimum atomic E-state index is -0.356. The van der Waals surface area contributed by atoms with Crippen molar-refractivity contribution in [3.63, 3.8) is 0 Å². The van der Waals surface area contributed by atoms with E-state index in [4.69, 9.17) is 21.4 Å². The third-order valence-corrected chi connectivity index (χ3v) is 1.67. The summed E-state index contributed by atoms with van der Waals surface area (Å²) in [6, 6.07) is 0. The molecule has 0 saturated carbocycles. The lowest BCUT2D eigenvalue weighted by Crippen LogP contribution is -2.32. The van der Waals surface area contributed by atoms with Gasteiger partial charge in [0.2, 0.25) is 0 Å². The summed E-state index contributed by atoms with van der Waals surface area (Å²) in [5.74, 6) is 0. The second kappa shape index (κ2) is 2.67. The average molecular weight is 137 g/mol. The molecule has 1 aliphatic rings. The van der Waals surface area contributed by atoms with Crippen LogP contribution >= 0.6 is 11.6 Å². The molecule has 8 heavy (non-hydrogen) atoms. The Morgan fingerprint density at radius 1 is 1.62 bits per heavy atom. The van der Waals surface area contributed by atoms with Crippen LogP contribution in [-0.2, 0) is 4.74 Å². The third-order valence-electron chi connectivity index (χ3n) is 1.25. The van der Waals surface area contributed by atoms with Crippen molar-refractivity contribution in [3.05, 3.63) is 0 Å². The van der Waals surface area contributed by atoms with Crippen molar-refractivity contribution in [2.75, 3.05) is 13.2 Å². The van der Waals surface area contributed by atoms with Crippen LogP contribution in [0, 0.1) is 0 Å². The molecule has 1 saturated heterocycles. The van der Waals surface area contributed by atoms with E-state index in [2.05, 4.69) is 0 Å². The SMILES string of the molecule is O[C@@H]1CCOC[C@@H]1Cl. The lowest BCUT2D eigenvalue weighted by molar-refractivity contribution is 0.0180. The van der Waals surface area contributed by atoms with E-state index >= 15 is 0 Å². The number of halogens is 1. The highest BCUT2D eigenvalue weighted by molar-refractivity contribution is 6.21. The Balaban J connectivity index is 2.28. The number of aliphatic hydroxyl groups is 1. The van der Waals surface area contributed by atoms with E-state index in [0.717, 1.165) is 0 Å². The lowest BCUT2D eigenvalue weighted by Gasteiger charge is -2.21. The summed E-state index contributed by atoms with van der Waals surface area (Å²) in [6.45, 7) is 1.13. The highest BCUT2D eigenvalue weighted by atomic mass is 35.5. The molecule has 1 fully saturated rings. The van der Waals surface area contributed by atoms with Crippen molar-refractivity contribution in [2.24, 2.45) is 0 Å². The summed E-state index contributed by atoms with van der Waals surface area (Å²) >= 11 is 5.59. The highest BCUT2D eigenvalue weighted by Crippen LogP contribution is 2.12. The molecule has 3 heteroatoms. The van der Waals surface area contributed by atoms with Gasteiger partial charge in [0.1, 0.15) is 0 Å². The monoisotopic (exact) mass is 136 g/mol. The maximum atomic E-state index is 8.97. The number of alkyl halides is 1. The average Bonchev–Trinajstić information content (AvgIpc) is 1.77. The van der Waals surface area contributed by atoms with Crippen LogP contribution in [0.15, 0.2) is 0 Å². The number of hydrogen-bond acceptors (Lipinski definition) is 2. The van der Waals surface area contributed by atoms with Crippen LogP contribution in [0.1, 0.15) is 6.42 Å². The number of aliphatic hydroxyl groups excluding tert-OH is 1. The Hall–Kier alpha value is 0.210. The first kappa shape index (κ1) is 6.33. The molecule has 0 spiro atoms. The molecule has 0 aromatic heterocycles. The van der Waals surface area contributed by atoms with E-state index in [1.54, 1.807) is 0 Å². The first-order valence-electron chi connectivity index (χ1n) is 2.70. The molecular formula is C5H9ClO2. The maximum absolute atomic E-state index is 8.97. The zero-order valence-corrected chi connectivity index (χ0v) is 5.27. The van der Waals surface area contributed by atoms with Crippen molar-refractivity contribution >= 4 is 11.6 Å². The van der Waals surface area contributed by atoms with Crippen LogP contribution in [0.2, 0.25) is 0 Å². The van der Waals surface area contributed by atoms with E-state index < -0.39 is 0 Å². The molecule has 1 N–H and O–H groups in total. The molecule has 0 amide bonds. The van der Waals surface area contributed by atoms with Crippen LogP contribution in [0.5, 0.6) is 0 Å². The highest BCUT2D eigenvalue weighted by Gasteiger charge is 2.20. The zero-order chi connectivity index (χ0) is 5.98. The van der Waals surface area contributed by atoms with Gasteiger partial charge < -0.3 is 9.84 Å². The minimum Gasteiger partial charge on any atom is -0.391 e. The quantitative estimate of drug-likeness (QED) is 0.488. The predicted molar refractivity (Wildman–Crippen MR) is 31.1 cm³/mol. The Kier molecular flexibility index (Phi) is 2.11. The van der Waals surface area contributed by atoms with Crippen LogP contribution in [-0.4, -0.2) is 29.8 Å². The molecule has 1 rings (SSSR count). The molecule has 0 aromatic rings. The Labute approximate surface area is 53.4 Å². The fraction of sp³-hybridized carbons (Fsp3) is 1.00. The summed E-state index contributed by atoms with van der Waals surface area (Å²) in [5, 5.41) is 8.77. The van der Waals surface area contributed by atoms with Gasteiger partial charge in [0.15, 0.2) is 0 Å². The van der Waals surface area contributed by atoms with Crippen molar-refractivity contribution in [2.45, 2.75) is 17.9 Å². The molecule has 0 radical (unpaired) electrons. The van der Waals surface area contributed by atoms with Gasteiger partial charge in [0.05, 0.1) is 18.1 Å². The Morgan fingerprint density at radius 2 is 2.38 bits per heavy atom. The summed E-state index contributed by atoms with van der Waals surface area (Å²) < 4.78 is 4.96. The van der Waals surface area contributed by atoms with Gasteiger partial charge in [-0.25, -0.2) is 0 Å². The van der Waals surface area contributed by atoms with Gasteiger partial charge in [-0.05, 0) is 6.42 Å². The van der Waals surface area contributed by atoms with Gasteiger partial charge in [-0.2, -0.15) is 0 Å². The first-order valence-corrected chi connectivity index (χ1v) is 3.14. The molecular weight excluding hydrogens is 128 g/mol. The first-order chi connectivity index (χ1) is 3.80. The molecule has 1 aliphatic heterocycles. The van der Waals surface area contributed by atoms with Crippen LogP contribution in [0.4, 0.5) is 0 Å². The zero-order valence-electron chi connectivity index (χ0n) is 4.51. The summed E-state index contributed by atoms with van der Waals surface area (Å²) in [7, 11) is 0. The normalized spacial score (nSPS) is 39.8. The number of rotatable bonds is 0. The number of hydrogen-bond donors (Lipinski definition) is 1. The van der Waals surface area contributed by atoms with Crippen LogP contribution < -0.4 is 0 Å². The van der Waals surface area contributed by atoms with Crippen molar-refractivity contribution < 1.29 is 9.84 Å². The number of ether oxygens (including phenoxy) is 1. The largest absolute Gasteiger partial charge is 0.391 e. The molecule has 0 bridgehead atoms. The Bertz CT molecular complexity index is 66.8. The van der Waals surface area contributed by atoms with E-state index in [9.17, 15) is 0 Å². The van der Waals surface area contributed by atoms with E-state index in [-0.39, 0.29) is 11.5 Å². The molecule has 0 unspecified atom stereocenters. The maximum Gasteiger partial charge on any atom is 0.0829 e. The van der Waals surface area contributed by atoms with Crippen LogP contribution in [0.25, 0.3) is 0 Å². The van der Waals surface area contributed by atoms with Gasteiger partial charge in [-0.15, -0.1) is 11.6 Å². The summed E-state index contributed by atoms with van der Waals surface area (Å²) in [6.07, 6.45) is 0.319. The standard InChI is InChI=1S/C5H9ClO2/c6-4-3-8-2-1-5(4)7/h4-5,7H,1-3H2/t4-,5+/m0/s1. The molecule has 0 aliphatic carbocycles. The van der Waals surface area contributed by atoms with E-state index in [1.165, 1.54) is 0 Å². The fourth-order valence-corrected chi connectivity index (χ4v) is 0.907. The Morgan fingerprint density at radius 3 is 2.75 bits per heavy atom. The fourth-order valence-electron chi connectivity index (χ4n) is 0.692. The second-order valence-corrected chi connectivity index (χ2v) is 2.51. The minimum absolute atomic E-state index is 0.191. The lowest BCUT2D eigenvalue weighted by atomic mass is 10.2. The van der Waals surface area contributed by atoms with Crippen LogP contribution in [0.3, 0.4) is 0 Å². The molecule has 1 heterocycles. The molecule has 48 valence electrons. The molecule has 2 atom stereocenters. The van der Waals surface area contributed by atoms with Gasteiger partial charge in [-0.1, -0.05) is 0 Å². The third kappa shape index (κ3) is 1.34. The molecule has 2 nitrogen and oxygen atoms in total. The summed E-state index contributed by atoms with van der Waals surface area (Å²) in [4.78, 5) is 0. The topological polar surface area (TPSA) is 29.5 Å². The smallest absolute Gasteiger partial charge is 0.0829 e. The van der Waals surface area contributed by atoms with E-state index in [1.807, 2.05) is 0 Å². The van der Waals surface area contributed by atoms with Gasteiger partial charge >= 0.3 is 0 Å². The van der Waals surface area contributed by atoms with Crippen molar-refractivity contribution in [1.29, 1.82) is 0 Å². The second-order valence-electron chi connectivity index (χ2n) is 1.95. The van der Waals surface area contributed by atoms with Crippen molar-refractivity contribution in [3.8, 4) is 0 Å². The summed E-state index contributed by atoms with van der Waals surface area (Å²) in [5.41, 5.74) is 0. The molecule has 0 aromatic carbocycles. The van der Waals surface area contributed by atoms with E-state index in [0.29, 0.717) is 19.6 Å². The van der Waals surface area contributed by atoms with Gasteiger partial charge in [-0.3, -0.25) is 0 Å².